The normalized spacial score (nSPS) is 17.8. The van der Waals surface area contributed by atoms with E-state index in [0.717, 1.165) is 0 Å². The molecule has 0 saturated carbocycles. The van der Waals surface area contributed by atoms with Gasteiger partial charge in [-0.25, -0.2) is 0 Å². The third-order valence-electron chi connectivity index (χ3n) is 1.37. The van der Waals surface area contributed by atoms with Crippen LogP contribution in [0.15, 0.2) is 24.3 Å². The molecule has 1 aliphatic carbocycles. The first kappa shape index (κ1) is 9.17. The van der Waals surface area contributed by atoms with Crippen molar-refractivity contribution in [2.24, 2.45) is 0 Å². The molecule has 0 bridgehead atoms. The van der Waals surface area contributed by atoms with Crippen LogP contribution in [0, 0.1) is 0 Å². The molecule has 0 spiro atoms. The number of allylic oxidation sites excluding steroid dienone is 4. The van der Waals surface area contributed by atoms with Crippen molar-refractivity contribution in [2.45, 2.75) is 25.7 Å². The fraction of sp³-hybridized carbons (Fsp3) is 0.500. The molecule has 0 unspecified atom stereocenters. The molecule has 50 valence electrons. The molecule has 0 saturated heterocycles. The van der Waals surface area contributed by atoms with Crippen LogP contribution >= 0.6 is 0 Å². The van der Waals surface area contributed by atoms with Gasteiger partial charge in [0.05, 0.1) is 0 Å². The zero-order valence-electron chi connectivity index (χ0n) is 5.55. The second kappa shape index (κ2) is 6.29. The van der Waals surface area contributed by atoms with Crippen molar-refractivity contribution < 1.29 is 21.1 Å². The number of hydrogen-bond donors (Lipinski definition) is 0. The third kappa shape index (κ3) is 4.66. The number of hydrogen-bond acceptors (Lipinski definition) is 0. The van der Waals surface area contributed by atoms with E-state index in [0.29, 0.717) is 0 Å². The van der Waals surface area contributed by atoms with Gasteiger partial charge in [0.25, 0.3) is 0 Å². The summed E-state index contributed by atoms with van der Waals surface area (Å²) in [6.07, 6.45) is 14.0. The van der Waals surface area contributed by atoms with Gasteiger partial charge in [-0.15, -0.1) is 0 Å². The largest absolute Gasteiger partial charge is 0.0845 e. The Balaban J connectivity index is 0.000000640. The van der Waals surface area contributed by atoms with E-state index in [1.54, 1.807) is 0 Å². The zero-order valence-corrected chi connectivity index (χ0v) is 7.55. The van der Waals surface area contributed by atoms with Crippen LogP contribution in [-0.2, 0) is 21.1 Å². The van der Waals surface area contributed by atoms with Crippen LogP contribution in [0.5, 0.6) is 0 Å². The predicted octanol–water partition coefficient (Wildman–Crippen LogP) is 2.67. The Kier molecular flexibility index (Phi) is 6.41. The molecule has 0 aliphatic heterocycles. The van der Waals surface area contributed by atoms with Gasteiger partial charge in [0, 0.05) is 21.1 Å². The van der Waals surface area contributed by atoms with Crippen LogP contribution in [0.25, 0.3) is 0 Å². The monoisotopic (exact) mass is 206 g/mol. The van der Waals surface area contributed by atoms with E-state index in [-0.39, 0.29) is 21.1 Å². The third-order valence-corrected chi connectivity index (χ3v) is 1.37. The van der Waals surface area contributed by atoms with Gasteiger partial charge < -0.3 is 0 Å². The summed E-state index contributed by atoms with van der Waals surface area (Å²) in [5, 5.41) is 0. The first-order valence-corrected chi connectivity index (χ1v) is 3.32. The Bertz CT molecular complexity index is 89.1. The Morgan fingerprint density at radius 3 is 1.67 bits per heavy atom. The molecule has 0 nitrogen and oxygen atoms in total. The van der Waals surface area contributed by atoms with E-state index >= 15 is 0 Å². The van der Waals surface area contributed by atoms with E-state index in [1.165, 1.54) is 25.7 Å². The van der Waals surface area contributed by atoms with Crippen molar-refractivity contribution in [2.75, 3.05) is 0 Å². The van der Waals surface area contributed by atoms with Crippen LogP contribution < -0.4 is 0 Å². The van der Waals surface area contributed by atoms with E-state index in [4.69, 9.17) is 0 Å². The molecule has 0 heterocycles. The van der Waals surface area contributed by atoms with Crippen molar-refractivity contribution >= 4 is 0 Å². The molecule has 0 aromatic carbocycles. The van der Waals surface area contributed by atoms with Gasteiger partial charge in [0.2, 0.25) is 0 Å². The maximum absolute atomic E-state index is 2.23. The summed E-state index contributed by atoms with van der Waals surface area (Å²) in [6.45, 7) is 0. The van der Waals surface area contributed by atoms with E-state index < -0.39 is 0 Å². The minimum Gasteiger partial charge on any atom is -0.0845 e. The van der Waals surface area contributed by atoms with Gasteiger partial charge in [-0.1, -0.05) is 24.3 Å². The zero-order chi connectivity index (χ0) is 5.66. The van der Waals surface area contributed by atoms with Crippen molar-refractivity contribution in [1.82, 2.24) is 0 Å². The van der Waals surface area contributed by atoms with Crippen LogP contribution in [0.3, 0.4) is 0 Å². The molecular weight excluding hydrogens is 192 g/mol. The smallest absolute Gasteiger partial charge is 0 e. The summed E-state index contributed by atoms with van der Waals surface area (Å²) in [5.41, 5.74) is 0. The average molecular weight is 204 g/mol. The molecule has 1 rings (SSSR count). The molecule has 0 N–H and O–H groups in total. The van der Waals surface area contributed by atoms with Crippen molar-refractivity contribution in [3.05, 3.63) is 24.3 Å². The van der Waals surface area contributed by atoms with Gasteiger partial charge in [-0.2, -0.15) is 0 Å². The molecule has 0 aromatic heterocycles. The summed E-state index contributed by atoms with van der Waals surface area (Å²) in [4.78, 5) is 0. The Labute approximate surface area is 71.3 Å². The van der Waals surface area contributed by atoms with Crippen LogP contribution in [0.4, 0.5) is 0 Å². The van der Waals surface area contributed by atoms with Crippen LogP contribution in [0.2, 0.25) is 0 Å². The van der Waals surface area contributed by atoms with Gasteiger partial charge >= 0.3 is 0 Å². The Morgan fingerprint density at radius 2 is 1.22 bits per heavy atom. The molecule has 0 radical (unpaired) electrons. The fourth-order valence-corrected chi connectivity index (χ4v) is 0.874. The molecule has 0 amide bonds. The van der Waals surface area contributed by atoms with Gasteiger partial charge in [0.1, 0.15) is 0 Å². The molecular formula is C8H12Mo. The van der Waals surface area contributed by atoms with Crippen LogP contribution in [-0.4, -0.2) is 0 Å². The molecule has 0 atom stereocenters. The first-order chi connectivity index (χ1) is 4.00. The quantitative estimate of drug-likeness (QED) is 0.532. The van der Waals surface area contributed by atoms with Gasteiger partial charge in [0.15, 0.2) is 0 Å². The van der Waals surface area contributed by atoms with Crippen molar-refractivity contribution in [3.63, 3.8) is 0 Å². The second-order valence-electron chi connectivity index (χ2n) is 2.14. The van der Waals surface area contributed by atoms with Gasteiger partial charge in [-0.05, 0) is 25.7 Å². The van der Waals surface area contributed by atoms with E-state index in [9.17, 15) is 0 Å². The summed E-state index contributed by atoms with van der Waals surface area (Å²) in [7, 11) is 0. The number of rotatable bonds is 0. The summed E-state index contributed by atoms with van der Waals surface area (Å²) in [5.74, 6) is 0. The topological polar surface area (TPSA) is 0 Å². The fourth-order valence-electron chi connectivity index (χ4n) is 0.874. The molecule has 1 heteroatoms. The molecule has 0 fully saturated rings. The van der Waals surface area contributed by atoms with Gasteiger partial charge in [-0.3, -0.25) is 0 Å². The summed E-state index contributed by atoms with van der Waals surface area (Å²) >= 11 is 0. The molecule has 9 heavy (non-hydrogen) atoms. The molecule has 0 aromatic rings. The van der Waals surface area contributed by atoms with E-state index in [2.05, 4.69) is 24.3 Å². The average Bonchev–Trinajstić information content (AvgIpc) is 1.62. The Morgan fingerprint density at radius 1 is 0.778 bits per heavy atom. The minimum atomic E-state index is 0. The molecule has 1 aliphatic rings. The SMILES string of the molecule is C1=CCCCCC=C1.[Mo]. The predicted molar refractivity (Wildman–Crippen MR) is 36.7 cm³/mol. The maximum Gasteiger partial charge on any atom is 0 e. The minimum absolute atomic E-state index is 0. The van der Waals surface area contributed by atoms with Crippen LogP contribution in [0.1, 0.15) is 25.7 Å². The maximum atomic E-state index is 2.23. The standard InChI is InChI=1S/C8H12.Mo/c1-2-4-6-8-7-5-3-1;/h1-4H,5-8H2;. The second-order valence-corrected chi connectivity index (χ2v) is 2.14. The summed E-state index contributed by atoms with van der Waals surface area (Å²) < 4.78 is 0. The first-order valence-electron chi connectivity index (χ1n) is 3.32. The Hall–Kier alpha value is 0.168. The van der Waals surface area contributed by atoms with Crippen molar-refractivity contribution in [1.29, 1.82) is 0 Å². The summed E-state index contributed by atoms with van der Waals surface area (Å²) in [6, 6.07) is 0. The van der Waals surface area contributed by atoms with E-state index in [1.807, 2.05) is 0 Å². The van der Waals surface area contributed by atoms with Crippen molar-refractivity contribution in [3.8, 4) is 0 Å².